The first-order valence-corrected chi connectivity index (χ1v) is 11.6. The second kappa shape index (κ2) is 7.31. The molecule has 0 aliphatic carbocycles. The average Bonchev–Trinajstić information content (AvgIpc) is 3.58. The number of ether oxygens (including phenoxy) is 1. The monoisotopic (exact) mass is 444 g/mol. The lowest BCUT2D eigenvalue weighted by molar-refractivity contribution is 0.0726. The highest BCUT2D eigenvalue weighted by Gasteiger charge is 2.47. The lowest BCUT2D eigenvalue weighted by atomic mass is 9.97. The van der Waals surface area contributed by atoms with Crippen LogP contribution in [0.4, 0.5) is 0 Å². The molecule has 6 rings (SSSR count). The predicted octanol–water partition coefficient (Wildman–Crippen LogP) is 3.46. The molecule has 0 aromatic carbocycles. The van der Waals surface area contributed by atoms with Gasteiger partial charge in [-0.05, 0) is 56.9 Å². The molecule has 3 atom stereocenters. The number of pyridine rings is 2. The minimum absolute atomic E-state index is 0.0142. The molecule has 170 valence electrons. The van der Waals surface area contributed by atoms with Gasteiger partial charge in [-0.25, -0.2) is 9.97 Å². The summed E-state index contributed by atoms with van der Waals surface area (Å²) in [4.78, 5) is 28.5. The van der Waals surface area contributed by atoms with Crippen molar-refractivity contribution in [1.82, 2.24) is 24.3 Å². The molecule has 33 heavy (non-hydrogen) atoms. The van der Waals surface area contributed by atoms with Crippen molar-refractivity contribution in [3.05, 3.63) is 47.3 Å². The fraction of sp³-hybridized carbons (Fsp3) is 0.400. The lowest BCUT2D eigenvalue weighted by Crippen LogP contribution is -2.40. The number of rotatable bonds is 4. The number of imidazole rings is 1. The molecule has 0 unspecified atom stereocenters. The zero-order chi connectivity index (χ0) is 22.9. The fourth-order valence-corrected chi connectivity index (χ4v) is 5.68. The van der Waals surface area contributed by atoms with Crippen LogP contribution in [0.2, 0.25) is 0 Å². The summed E-state index contributed by atoms with van der Waals surface area (Å²) < 4.78 is 7.65. The minimum atomic E-state index is 0.0142. The van der Waals surface area contributed by atoms with Crippen LogP contribution in [0.3, 0.4) is 0 Å². The summed E-state index contributed by atoms with van der Waals surface area (Å²) >= 11 is 0. The van der Waals surface area contributed by atoms with E-state index >= 15 is 0 Å². The van der Waals surface area contributed by atoms with Crippen LogP contribution >= 0.6 is 0 Å². The Bertz CT molecular complexity index is 1400. The summed E-state index contributed by atoms with van der Waals surface area (Å²) in [7, 11) is 1.62. The minimum Gasteiger partial charge on any atom is -0.482 e. The van der Waals surface area contributed by atoms with E-state index in [0.717, 1.165) is 59.5 Å². The van der Waals surface area contributed by atoms with Gasteiger partial charge in [0.25, 0.3) is 5.91 Å². The summed E-state index contributed by atoms with van der Waals surface area (Å²) in [6, 6.07) is 10.3. The molecule has 1 amide bonds. The van der Waals surface area contributed by atoms with Gasteiger partial charge in [-0.1, -0.05) is 6.92 Å². The van der Waals surface area contributed by atoms with Crippen LogP contribution in [0.5, 0.6) is 5.88 Å². The summed E-state index contributed by atoms with van der Waals surface area (Å²) in [6.07, 6.45) is 3.79. The quantitative estimate of drug-likeness (QED) is 0.502. The van der Waals surface area contributed by atoms with Gasteiger partial charge >= 0.3 is 0 Å². The SMILES string of the molecule is CCc1ccc2cc(-c3nc4cc(C(=O)N5[C@H]6CC[C@@H]5[C@H](N)C6)cc(OC)n4c3C)[nH]c2n1. The van der Waals surface area contributed by atoms with Crippen LogP contribution in [0.25, 0.3) is 28.1 Å². The molecule has 6 heterocycles. The van der Waals surface area contributed by atoms with Gasteiger partial charge in [0.2, 0.25) is 0 Å². The number of carbonyl (C=O) groups excluding carboxylic acids is 1. The number of fused-ring (bicyclic) bond motifs is 4. The van der Waals surface area contributed by atoms with Crippen LogP contribution in [0.15, 0.2) is 30.3 Å². The van der Waals surface area contributed by atoms with Crippen LogP contribution in [0, 0.1) is 6.92 Å². The van der Waals surface area contributed by atoms with E-state index in [-0.39, 0.29) is 24.0 Å². The van der Waals surface area contributed by atoms with Crippen molar-refractivity contribution in [3.8, 4) is 17.3 Å². The first kappa shape index (κ1) is 20.2. The second-order valence-electron chi connectivity index (χ2n) is 9.21. The van der Waals surface area contributed by atoms with E-state index in [0.29, 0.717) is 17.1 Å². The largest absolute Gasteiger partial charge is 0.482 e. The van der Waals surface area contributed by atoms with Gasteiger partial charge in [0.15, 0.2) is 5.88 Å². The van der Waals surface area contributed by atoms with Crippen molar-refractivity contribution in [3.63, 3.8) is 0 Å². The maximum absolute atomic E-state index is 13.5. The van der Waals surface area contributed by atoms with Crippen molar-refractivity contribution in [2.75, 3.05) is 7.11 Å². The van der Waals surface area contributed by atoms with Crippen molar-refractivity contribution in [2.45, 2.75) is 57.7 Å². The molecule has 4 aromatic rings. The van der Waals surface area contributed by atoms with E-state index < -0.39 is 0 Å². The molecule has 0 radical (unpaired) electrons. The predicted molar refractivity (Wildman–Crippen MR) is 127 cm³/mol. The van der Waals surface area contributed by atoms with E-state index in [2.05, 4.69) is 35.1 Å². The van der Waals surface area contributed by atoms with Crippen molar-refractivity contribution >= 4 is 22.6 Å². The summed E-state index contributed by atoms with van der Waals surface area (Å²) in [5, 5.41) is 1.04. The molecular weight excluding hydrogens is 416 g/mol. The third-order valence-electron chi connectivity index (χ3n) is 7.35. The van der Waals surface area contributed by atoms with Gasteiger partial charge in [-0.2, -0.15) is 0 Å². The zero-order valence-electron chi connectivity index (χ0n) is 19.1. The Morgan fingerprint density at radius 3 is 2.79 bits per heavy atom. The topological polar surface area (TPSA) is 102 Å². The number of nitrogens with one attached hydrogen (secondary N) is 1. The molecule has 2 bridgehead atoms. The maximum Gasteiger partial charge on any atom is 0.254 e. The molecule has 0 spiro atoms. The third-order valence-corrected chi connectivity index (χ3v) is 7.35. The first-order chi connectivity index (χ1) is 16.0. The Labute approximate surface area is 191 Å². The Hall–Kier alpha value is -3.39. The van der Waals surface area contributed by atoms with Crippen LogP contribution < -0.4 is 10.5 Å². The first-order valence-electron chi connectivity index (χ1n) is 11.6. The van der Waals surface area contributed by atoms with E-state index in [4.69, 9.17) is 15.5 Å². The number of amides is 1. The zero-order valence-corrected chi connectivity index (χ0v) is 19.1. The molecule has 2 fully saturated rings. The van der Waals surface area contributed by atoms with Crippen LogP contribution in [0.1, 0.15) is 47.9 Å². The Kier molecular flexibility index (Phi) is 4.48. The van der Waals surface area contributed by atoms with Crippen molar-refractivity contribution in [2.24, 2.45) is 5.73 Å². The molecular formula is C25H28N6O2. The number of nitrogens with zero attached hydrogens (tertiary/aromatic N) is 4. The van der Waals surface area contributed by atoms with Gasteiger partial charge in [-0.3, -0.25) is 9.20 Å². The highest BCUT2D eigenvalue weighted by molar-refractivity contribution is 5.96. The molecule has 3 N–H and O–H groups in total. The number of H-pyrrole nitrogens is 1. The van der Waals surface area contributed by atoms with E-state index in [1.165, 1.54) is 0 Å². The molecule has 2 aliphatic rings. The highest BCUT2D eigenvalue weighted by atomic mass is 16.5. The maximum atomic E-state index is 13.5. The van der Waals surface area contributed by atoms with Gasteiger partial charge in [0.1, 0.15) is 17.0 Å². The third kappa shape index (κ3) is 2.97. The molecule has 8 heteroatoms. The number of hydrogen-bond acceptors (Lipinski definition) is 5. The number of aromatic nitrogens is 4. The lowest BCUT2D eigenvalue weighted by Gasteiger charge is -2.23. The number of carbonyl (C=O) groups is 1. The Morgan fingerprint density at radius 2 is 2.09 bits per heavy atom. The summed E-state index contributed by atoms with van der Waals surface area (Å²) in [5.41, 5.74) is 12.1. The van der Waals surface area contributed by atoms with Gasteiger partial charge < -0.3 is 20.4 Å². The van der Waals surface area contributed by atoms with E-state index in [1.54, 1.807) is 7.11 Å². The number of nitrogens with two attached hydrogens (primary N) is 1. The number of hydrogen-bond donors (Lipinski definition) is 2. The second-order valence-corrected chi connectivity index (χ2v) is 9.21. The van der Waals surface area contributed by atoms with Crippen molar-refractivity contribution in [1.29, 1.82) is 0 Å². The van der Waals surface area contributed by atoms with Gasteiger partial charge in [-0.15, -0.1) is 0 Å². The van der Waals surface area contributed by atoms with Crippen LogP contribution in [-0.4, -0.2) is 55.4 Å². The standard InChI is InChI=1S/C25H28N6O2/c1-4-16-6-5-14-9-19(28-24(14)27-16)23-13(2)30-21(29-23)10-15(11-22(30)33-3)25(32)31-17-7-8-20(31)18(26)12-17/h5-6,9-11,17-18,20H,4,7-8,12,26H2,1-3H3,(H,27,28)/t17-,18+,20+/m0/s1. The number of methoxy groups -OCH3 is 1. The van der Waals surface area contributed by atoms with Gasteiger partial charge in [0.05, 0.1) is 18.5 Å². The fourth-order valence-electron chi connectivity index (χ4n) is 5.68. The van der Waals surface area contributed by atoms with Crippen molar-refractivity contribution < 1.29 is 9.53 Å². The average molecular weight is 445 g/mol. The molecule has 2 saturated heterocycles. The van der Waals surface area contributed by atoms with E-state index in [9.17, 15) is 4.79 Å². The summed E-state index contributed by atoms with van der Waals surface area (Å²) in [5.74, 6) is 0.603. The molecule has 0 saturated carbocycles. The molecule has 2 aliphatic heterocycles. The smallest absolute Gasteiger partial charge is 0.254 e. The number of aromatic amines is 1. The Morgan fingerprint density at radius 1 is 1.24 bits per heavy atom. The normalized spacial score (nSPS) is 22.1. The van der Waals surface area contributed by atoms with Gasteiger partial charge in [0, 0.05) is 40.8 Å². The number of aryl methyl sites for hydroxylation is 2. The van der Waals surface area contributed by atoms with E-state index in [1.807, 2.05) is 28.4 Å². The molecule has 4 aromatic heterocycles. The molecule has 8 nitrogen and oxygen atoms in total. The summed E-state index contributed by atoms with van der Waals surface area (Å²) in [6.45, 7) is 4.10. The Balaban J connectivity index is 1.44. The van der Waals surface area contributed by atoms with Crippen LogP contribution in [-0.2, 0) is 6.42 Å². The highest BCUT2D eigenvalue weighted by Crippen LogP contribution is 2.38.